The molecule has 5 heteroatoms. The highest BCUT2D eigenvalue weighted by Crippen LogP contribution is 2.04. The molecule has 0 spiro atoms. The van der Waals surface area contributed by atoms with Gasteiger partial charge >= 0.3 is 12.0 Å². The number of carboxylic acids is 1. The van der Waals surface area contributed by atoms with Crippen LogP contribution in [0.5, 0.6) is 0 Å². The van der Waals surface area contributed by atoms with Crippen LogP contribution in [0.3, 0.4) is 0 Å². The van der Waals surface area contributed by atoms with Gasteiger partial charge in [0, 0.05) is 20.1 Å². The van der Waals surface area contributed by atoms with Crippen LogP contribution in [0.1, 0.15) is 22.3 Å². The minimum Gasteiger partial charge on any atom is -0.478 e. The summed E-state index contributed by atoms with van der Waals surface area (Å²) in [6.07, 6.45) is 2.51. The number of carbonyl (C=O) groups excluding carboxylic acids is 1. The number of urea groups is 1. The first-order valence-corrected chi connectivity index (χ1v) is 5.96. The molecule has 1 aromatic carbocycles. The van der Waals surface area contributed by atoms with Crippen LogP contribution < -0.4 is 5.32 Å². The van der Waals surface area contributed by atoms with Crippen LogP contribution in [0.4, 0.5) is 4.79 Å². The number of carboxylic acid groups (broad SMARTS) is 1. The van der Waals surface area contributed by atoms with Crippen molar-refractivity contribution in [1.29, 1.82) is 0 Å². The molecule has 0 bridgehead atoms. The molecular weight excluding hydrogens is 244 g/mol. The maximum absolute atomic E-state index is 11.7. The molecule has 2 N–H and O–H groups in total. The van der Waals surface area contributed by atoms with Gasteiger partial charge in [0.2, 0.25) is 0 Å². The van der Waals surface area contributed by atoms with E-state index >= 15 is 0 Å². The predicted octanol–water partition coefficient (Wildman–Crippen LogP) is 2.10. The fraction of sp³-hybridized carbons (Fsp3) is 0.286. The molecule has 0 atom stereocenters. The third-order valence-corrected chi connectivity index (χ3v) is 2.66. The normalized spacial score (nSPS) is 9.74. The van der Waals surface area contributed by atoms with Crippen LogP contribution in [0.25, 0.3) is 0 Å². The molecule has 0 unspecified atom stereocenters. The Hall–Kier alpha value is -2.30. The largest absolute Gasteiger partial charge is 0.478 e. The standard InChI is InChI=1S/C14H18N2O3/c1-3-4-9-16(2)14(19)15-10-11-5-7-12(8-6-11)13(17)18/h3,5-8H,1,4,9-10H2,2H3,(H,15,19)(H,17,18). The smallest absolute Gasteiger partial charge is 0.335 e. The second-order valence-electron chi connectivity index (χ2n) is 4.16. The van der Waals surface area contributed by atoms with Crippen molar-refractivity contribution in [2.24, 2.45) is 0 Å². The van der Waals surface area contributed by atoms with Crippen LogP contribution in [-0.4, -0.2) is 35.6 Å². The number of amides is 2. The van der Waals surface area contributed by atoms with Crippen LogP contribution in [0.2, 0.25) is 0 Å². The fourth-order valence-corrected chi connectivity index (χ4v) is 1.46. The zero-order valence-electron chi connectivity index (χ0n) is 10.9. The van der Waals surface area contributed by atoms with E-state index in [1.54, 1.807) is 30.2 Å². The summed E-state index contributed by atoms with van der Waals surface area (Å²) in [7, 11) is 1.71. The Bertz CT molecular complexity index is 454. The minimum absolute atomic E-state index is 0.163. The van der Waals surface area contributed by atoms with E-state index in [-0.39, 0.29) is 11.6 Å². The van der Waals surface area contributed by atoms with Gasteiger partial charge in [0.1, 0.15) is 0 Å². The van der Waals surface area contributed by atoms with E-state index in [9.17, 15) is 9.59 Å². The van der Waals surface area contributed by atoms with Gasteiger partial charge in [-0.3, -0.25) is 0 Å². The number of benzene rings is 1. The lowest BCUT2D eigenvalue weighted by atomic mass is 10.1. The second-order valence-corrected chi connectivity index (χ2v) is 4.16. The number of carbonyl (C=O) groups is 2. The lowest BCUT2D eigenvalue weighted by Gasteiger charge is -2.17. The maximum atomic E-state index is 11.7. The molecule has 0 radical (unpaired) electrons. The molecule has 102 valence electrons. The van der Waals surface area contributed by atoms with Crippen molar-refractivity contribution in [2.45, 2.75) is 13.0 Å². The maximum Gasteiger partial charge on any atom is 0.335 e. The van der Waals surface area contributed by atoms with Crippen molar-refractivity contribution in [2.75, 3.05) is 13.6 Å². The molecule has 2 amide bonds. The van der Waals surface area contributed by atoms with E-state index in [0.717, 1.165) is 12.0 Å². The molecule has 5 nitrogen and oxygen atoms in total. The Morgan fingerprint density at radius 3 is 2.53 bits per heavy atom. The molecule has 0 aliphatic heterocycles. The van der Waals surface area contributed by atoms with Crippen LogP contribution in [0.15, 0.2) is 36.9 Å². The van der Waals surface area contributed by atoms with Crippen LogP contribution in [-0.2, 0) is 6.54 Å². The average molecular weight is 262 g/mol. The third kappa shape index (κ3) is 4.83. The first-order valence-electron chi connectivity index (χ1n) is 5.96. The number of rotatable bonds is 6. The SMILES string of the molecule is C=CCCN(C)C(=O)NCc1ccc(C(=O)O)cc1. The summed E-state index contributed by atoms with van der Waals surface area (Å²) in [6.45, 7) is 4.59. The summed E-state index contributed by atoms with van der Waals surface area (Å²) in [5.74, 6) is -0.959. The van der Waals surface area contributed by atoms with Gasteiger partial charge in [-0.2, -0.15) is 0 Å². The first kappa shape index (κ1) is 14.8. The van der Waals surface area contributed by atoms with E-state index < -0.39 is 5.97 Å². The Morgan fingerprint density at radius 1 is 1.37 bits per heavy atom. The Balaban J connectivity index is 2.45. The molecule has 0 aliphatic rings. The van der Waals surface area contributed by atoms with Crippen molar-refractivity contribution in [3.63, 3.8) is 0 Å². The van der Waals surface area contributed by atoms with Gasteiger partial charge in [0.05, 0.1) is 5.56 Å². The summed E-state index contributed by atoms with van der Waals surface area (Å²) in [5, 5.41) is 11.5. The molecule has 0 fully saturated rings. The third-order valence-electron chi connectivity index (χ3n) is 2.66. The van der Waals surface area contributed by atoms with E-state index in [2.05, 4.69) is 11.9 Å². The van der Waals surface area contributed by atoms with Crippen molar-refractivity contribution in [3.05, 3.63) is 48.0 Å². The van der Waals surface area contributed by atoms with Crippen molar-refractivity contribution < 1.29 is 14.7 Å². The highest BCUT2D eigenvalue weighted by Gasteiger charge is 2.07. The highest BCUT2D eigenvalue weighted by atomic mass is 16.4. The molecule has 0 heterocycles. The number of hydrogen-bond acceptors (Lipinski definition) is 2. The van der Waals surface area contributed by atoms with Crippen molar-refractivity contribution in [1.82, 2.24) is 10.2 Å². The molecular formula is C14H18N2O3. The minimum atomic E-state index is -0.959. The summed E-state index contributed by atoms with van der Waals surface area (Å²) in [4.78, 5) is 23.9. The van der Waals surface area contributed by atoms with Crippen molar-refractivity contribution in [3.8, 4) is 0 Å². The van der Waals surface area contributed by atoms with E-state index in [4.69, 9.17) is 5.11 Å². The van der Waals surface area contributed by atoms with Gasteiger partial charge < -0.3 is 15.3 Å². The number of nitrogens with zero attached hydrogens (tertiary/aromatic N) is 1. The predicted molar refractivity (Wildman–Crippen MR) is 73.1 cm³/mol. The van der Waals surface area contributed by atoms with Gasteiger partial charge in [-0.15, -0.1) is 6.58 Å². The van der Waals surface area contributed by atoms with Gasteiger partial charge in [-0.25, -0.2) is 9.59 Å². The zero-order chi connectivity index (χ0) is 14.3. The summed E-state index contributed by atoms with van der Waals surface area (Å²) >= 11 is 0. The van der Waals surface area contributed by atoms with Gasteiger partial charge in [-0.1, -0.05) is 18.2 Å². The van der Waals surface area contributed by atoms with Gasteiger partial charge in [0.25, 0.3) is 0 Å². The fourth-order valence-electron chi connectivity index (χ4n) is 1.46. The summed E-state index contributed by atoms with van der Waals surface area (Å²) in [6, 6.07) is 6.25. The Labute approximate surface area is 112 Å². The van der Waals surface area contributed by atoms with Crippen LogP contribution >= 0.6 is 0 Å². The van der Waals surface area contributed by atoms with E-state index in [1.807, 2.05) is 0 Å². The monoisotopic (exact) mass is 262 g/mol. The molecule has 0 saturated carbocycles. The van der Waals surface area contributed by atoms with Gasteiger partial charge in [-0.05, 0) is 24.1 Å². The molecule has 0 saturated heterocycles. The first-order chi connectivity index (χ1) is 9.04. The number of aromatic carboxylic acids is 1. The Kier molecular flexibility index (Phi) is 5.60. The molecule has 0 aliphatic carbocycles. The zero-order valence-corrected chi connectivity index (χ0v) is 10.9. The summed E-state index contributed by atoms with van der Waals surface area (Å²) in [5.41, 5.74) is 1.09. The summed E-state index contributed by atoms with van der Waals surface area (Å²) < 4.78 is 0. The second kappa shape index (κ2) is 7.20. The molecule has 1 aromatic rings. The van der Waals surface area contributed by atoms with E-state index in [0.29, 0.717) is 13.1 Å². The average Bonchev–Trinajstić information content (AvgIpc) is 2.42. The molecule has 19 heavy (non-hydrogen) atoms. The topological polar surface area (TPSA) is 69.6 Å². The highest BCUT2D eigenvalue weighted by molar-refractivity contribution is 5.87. The van der Waals surface area contributed by atoms with Gasteiger partial charge in [0.15, 0.2) is 0 Å². The molecule has 0 aromatic heterocycles. The number of nitrogens with one attached hydrogen (secondary N) is 1. The lowest BCUT2D eigenvalue weighted by molar-refractivity contribution is 0.0697. The van der Waals surface area contributed by atoms with Crippen molar-refractivity contribution >= 4 is 12.0 Å². The van der Waals surface area contributed by atoms with Crippen LogP contribution in [0, 0.1) is 0 Å². The lowest BCUT2D eigenvalue weighted by Crippen LogP contribution is -2.37. The molecule has 1 rings (SSSR count). The number of hydrogen-bond donors (Lipinski definition) is 2. The Morgan fingerprint density at radius 2 is 2.00 bits per heavy atom. The van der Waals surface area contributed by atoms with E-state index in [1.165, 1.54) is 12.1 Å². The quantitative estimate of drug-likeness (QED) is 0.771.